The van der Waals surface area contributed by atoms with Crippen molar-refractivity contribution in [2.45, 2.75) is 32.6 Å². The Balaban J connectivity index is 2.36. The van der Waals surface area contributed by atoms with E-state index in [-0.39, 0.29) is 0 Å². The molecule has 1 unspecified atom stereocenters. The monoisotopic (exact) mass is 292 g/mol. The van der Waals surface area contributed by atoms with E-state index in [0.717, 1.165) is 38.8 Å². The molecule has 0 amide bonds. The number of nitrogens with one attached hydrogen (secondary N) is 1. The van der Waals surface area contributed by atoms with Crippen molar-refractivity contribution in [3.05, 3.63) is 0 Å². The molecule has 1 atom stereocenters. The van der Waals surface area contributed by atoms with E-state index in [2.05, 4.69) is 5.32 Å². The van der Waals surface area contributed by atoms with Gasteiger partial charge in [-0.05, 0) is 31.7 Å². The van der Waals surface area contributed by atoms with Gasteiger partial charge in [-0.15, -0.1) is 0 Å². The van der Waals surface area contributed by atoms with E-state index in [1.54, 1.807) is 11.4 Å². The lowest BCUT2D eigenvalue weighted by Crippen LogP contribution is -2.44. The predicted octanol–water partition coefficient (Wildman–Crippen LogP) is 1.06. The molecule has 0 saturated carbocycles. The second-order valence-electron chi connectivity index (χ2n) is 5.23. The molecular weight excluding hydrogens is 264 g/mol. The van der Waals surface area contributed by atoms with Crippen molar-refractivity contribution in [1.29, 1.82) is 0 Å². The van der Waals surface area contributed by atoms with Crippen LogP contribution in [0.5, 0.6) is 0 Å². The fraction of sp³-hybridized carbons (Fsp3) is 1.00. The van der Waals surface area contributed by atoms with Crippen molar-refractivity contribution in [1.82, 2.24) is 9.62 Å². The van der Waals surface area contributed by atoms with Crippen molar-refractivity contribution in [3.8, 4) is 0 Å². The van der Waals surface area contributed by atoms with E-state index in [4.69, 9.17) is 4.74 Å². The molecule has 1 heterocycles. The van der Waals surface area contributed by atoms with Crippen LogP contribution < -0.4 is 5.32 Å². The van der Waals surface area contributed by atoms with Gasteiger partial charge in [0.15, 0.2) is 0 Å². The van der Waals surface area contributed by atoms with Crippen LogP contribution >= 0.6 is 0 Å². The number of hydrogen-bond donors (Lipinski definition) is 1. The molecule has 1 aliphatic rings. The summed E-state index contributed by atoms with van der Waals surface area (Å²) in [6.45, 7) is 5.80. The van der Waals surface area contributed by atoms with Crippen molar-refractivity contribution < 1.29 is 13.2 Å². The number of sulfonamides is 1. The van der Waals surface area contributed by atoms with E-state index >= 15 is 0 Å². The van der Waals surface area contributed by atoms with Gasteiger partial charge in [0.2, 0.25) is 10.0 Å². The van der Waals surface area contributed by atoms with Gasteiger partial charge in [-0.25, -0.2) is 12.7 Å². The van der Waals surface area contributed by atoms with Crippen LogP contribution in [0.4, 0.5) is 0 Å². The van der Waals surface area contributed by atoms with Gasteiger partial charge in [0.25, 0.3) is 0 Å². The number of hydrogen-bond acceptors (Lipinski definition) is 4. The summed E-state index contributed by atoms with van der Waals surface area (Å²) in [5.74, 6) is 0.731. The third-order valence-corrected chi connectivity index (χ3v) is 5.47. The maximum absolute atomic E-state index is 12.2. The quantitative estimate of drug-likeness (QED) is 0.646. The second-order valence-corrected chi connectivity index (χ2v) is 7.32. The minimum atomic E-state index is -3.03. The number of piperidine rings is 1. The van der Waals surface area contributed by atoms with E-state index in [1.165, 1.54) is 0 Å². The molecule has 0 aromatic heterocycles. The molecule has 0 aliphatic carbocycles. The maximum atomic E-state index is 12.2. The van der Waals surface area contributed by atoms with E-state index in [1.807, 2.05) is 6.92 Å². The molecule has 0 aromatic rings. The Hall–Kier alpha value is -0.170. The highest BCUT2D eigenvalue weighted by Crippen LogP contribution is 2.19. The number of ether oxygens (including phenoxy) is 1. The van der Waals surface area contributed by atoms with Gasteiger partial charge in [-0.3, -0.25) is 0 Å². The fourth-order valence-corrected chi connectivity index (χ4v) is 4.14. The first-order valence-electron chi connectivity index (χ1n) is 7.27. The molecule has 19 heavy (non-hydrogen) atoms. The van der Waals surface area contributed by atoms with E-state index < -0.39 is 10.0 Å². The molecule has 0 radical (unpaired) electrons. The molecule has 1 N–H and O–H groups in total. The molecule has 0 aromatic carbocycles. The lowest BCUT2D eigenvalue weighted by Gasteiger charge is -2.32. The van der Waals surface area contributed by atoms with E-state index in [0.29, 0.717) is 31.4 Å². The Morgan fingerprint density at radius 1 is 1.42 bits per heavy atom. The highest BCUT2D eigenvalue weighted by atomic mass is 32.2. The van der Waals surface area contributed by atoms with Crippen LogP contribution in [0.25, 0.3) is 0 Å². The minimum Gasteiger partial charge on any atom is -0.383 e. The van der Waals surface area contributed by atoms with Crippen molar-refractivity contribution in [3.63, 3.8) is 0 Å². The SMILES string of the molecule is CCCCS(=O)(=O)N1CCCC(CNCCOC)C1. The summed E-state index contributed by atoms with van der Waals surface area (Å²) >= 11 is 0. The normalized spacial score (nSPS) is 21.7. The highest BCUT2D eigenvalue weighted by molar-refractivity contribution is 7.89. The first kappa shape index (κ1) is 16.9. The summed E-state index contributed by atoms with van der Waals surface area (Å²) in [6.07, 6.45) is 3.77. The van der Waals surface area contributed by atoms with Gasteiger partial charge in [0.05, 0.1) is 12.4 Å². The first-order valence-corrected chi connectivity index (χ1v) is 8.88. The summed E-state index contributed by atoms with van der Waals surface area (Å²) in [4.78, 5) is 0. The molecule has 114 valence electrons. The molecule has 1 rings (SSSR count). The average molecular weight is 292 g/mol. The molecule has 1 saturated heterocycles. The summed E-state index contributed by atoms with van der Waals surface area (Å²) in [7, 11) is -1.35. The highest BCUT2D eigenvalue weighted by Gasteiger charge is 2.27. The zero-order valence-corrected chi connectivity index (χ0v) is 13.0. The predicted molar refractivity (Wildman–Crippen MR) is 77.7 cm³/mol. The molecular formula is C13H28N2O3S. The summed E-state index contributed by atoms with van der Waals surface area (Å²) in [5, 5.41) is 3.32. The van der Waals surface area contributed by atoms with Crippen LogP contribution in [-0.4, -0.2) is 58.4 Å². The Morgan fingerprint density at radius 2 is 2.21 bits per heavy atom. The molecule has 1 fully saturated rings. The standard InChI is InChI=1S/C13H28N2O3S/c1-3-4-10-19(16,17)15-8-5-6-13(12-15)11-14-7-9-18-2/h13-14H,3-12H2,1-2H3. The number of rotatable bonds is 9. The lowest BCUT2D eigenvalue weighted by molar-refractivity contribution is 0.193. The summed E-state index contributed by atoms with van der Waals surface area (Å²) in [6, 6.07) is 0. The number of unbranched alkanes of at least 4 members (excludes halogenated alkanes) is 1. The molecule has 5 nitrogen and oxygen atoms in total. The van der Waals surface area contributed by atoms with Gasteiger partial charge >= 0.3 is 0 Å². The van der Waals surface area contributed by atoms with Crippen LogP contribution in [-0.2, 0) is 14.8 Å². The van der Waals surface area contributed by atoms with Crippen LogP contribution in [0.1, 0.15) is 32.6 Å². The largest absolute Gasteiger partial charge is 0.383 e. The molecule has 6 heteroatoms. The van der Waals surface area contributed by atoms with Crippen LogP contribution in [0.15, 0.2) is 0 Å². The zero-order chi connectivity index (χ0) is 14.1. The number of nitrogens with zero attached hydrogens (tertiary/aromatic N) is 1. The second kappa shape index (κ2) is 8.89. The van der Waals surface area contributed by atoms with Crippen molar-refractivity contribution in [2.24, 2.45) is 5.92 Å². The molecule has 0 spiro atoms. The van der Waals surface area contributed by atoms with Gasteiger partial charge < -0.3 is 10.1 Å². The number of methoxy groups -OCH3 is 1. The van der Waals surface area contributed by atoms with Gasteiger partial charge in [-0.2, -0.15) is 0 Å². The lowest BCUT2D eigenvalue weighted by atomic mass is 10.00. The zero-order valence-electron chi connectivity index (χ0n) is 12.2. The molecule has 0 bridgehead atoms. The Kier molecular flexibility index (Phi) is 7.90. The maximum Gasteiger partial charge on any atom is 0.214 e. The van der Waals surface area contributed by atoms with Gasteiger partial charge in [-0.1, -0.05) is 13.3 Å². The minimum absolute atomic E-state index is 0.299. The molecule has 1 aliphatic heterocycles. The van der Waals surface area contributed by atoms with Gasteiger partial charge in [0, 0.05) is 26.7 Å². The summed E-state index contributed by atoms with van der Waals surface area (Å²) < 4.78 is 31.0. The Labute approximate surface area is 117 Å². The first-order chi connectivity index (χ1) is 9.10. The fourth-order valence-electron chi connectivity index (χ4n) is 2.38. The van der Waals surface area contributed by atoms with Crippen LogP contribution in [0, 0.1) is 5.92 Å². The van der Waals surface area contributed by atoms with Gasteiger partial charge in [0.1, 0.15) is 0 Å². The average Bonchev–Trinajstić information content (AvgIpc) is 2.42. The third-order valence-electron chi connectivity index (χ3n) is 3.55. The van der Waals surface area contributed by atoms with E-state index in [9.17, 15) is 8.42 Å². The summed E-state index contributed by atoms with van der Waals surface area (Å²) in [5.41, 5.74) is 0. The topological polar surface area (TPSA) is 58.6 Å². The Bertz CT molecular complexity index is 333. The van der Waals surface area contributed by atoms with Crippen molar-refractivity contribution >= 4 is 10.0 Å². The Morgan fingerprint density at radius 3 is 2.89 bits per heavy atom. The van der Waals surface area contributed by atoms with Crippen molar-refractivity contribution in [2.75, 3.05) is 45.6 Å². The van der Waals surface area contributed by atoms with Crippen LogP contribution in [0.3, 0.4) is 0 Å². The smallest absolute Gasteiger partial charge is 0.214 e. The third kappa shape index (κ3) is 6.21. The van der Waals surface area contributed by atoms with Crippen LogP contribution in [0.2, 0.25) is 0 Å².